The molecule has 1 amide bonds. The smallest absolute Gasteiger partial charge is 0.266 e. The molecule has 0 radical (unpaired) electrons. The van der Waals surface area contributed by atoms with Crippen molar-refractivity contribution in [2.45, 2.75) is 12.8 Å². The van der Waals surface area contributed by atoms with Gasteiger partial charge in [-0.25, -0.2) is 0 Å². The summed E-state index contributed by atoms with van der Waals surface area (Å²) in [7, 11) is 0. The maximum atomic E-state index is 12.5. The zero-order valence-electron chi connectivity index (χ0n) is 14.9. The van der Waals surface area contributed by atoms with Crippen LogP contribution in [0.25, 0.3) is 11.7 Å². The Morgan fingerprint density at radius 1 is 1.25 bits per heavy atom. The summed E-state index contributed by atoms with van der Waals surface area (Å²) in [6, 6.07) is 13.3. The van der Waals surface area contributed by atoms with Gasteiger partial charge in [0.05, 0.1) is 6.26 Å². The molecule has 0 saturated carbocycles. The first-order valence-corrected chi connectivity index (χ1v) is 9.98. The molecular formula is C20H17IN4O3. The molecule has 2 aromatic heterocycles. The second kappa shape index (κ2) is 8.06. The number of oxazole rings is 1. The van der Waals surface area contributed by atoms with Crippen LogP contribution in [0.15, 0.2) is 51.5 Å². The molecule has 1 aliphatic heterocycles. The van der Waals surface area contributed by atoms with Gasteiger partial charge >= 0.3 is 0 Å². The van der Waals surface area contributed by atoms with Gasteiger partial charge in [0.1, 0.15) is 6.07 Å². The van der Waals surface area contributed by atoms with Crippen LogP contribution in [-0.4, -0.2) is 24.0 Å². The van der Waals surface area contributed by atoms with Crippen molar-refractivity contribution in [1.82, 2.24) is 4.98 Å². The first kappa shape index (κ1) is 18.6. The molecule has 28 heavy (non-hydrogen) atoms. The fraction of sp³-hybridized carbons (Fsp3) is 0.250. The van der Waals surface area contributed by atoms with Crippen molar-refractivity contribution in [3.8, 4) is 17.7 Å². The van der Waals surface area contributed by atoms with Gasteiger partial charge in [-0.1, -0.05) is 0 Å². The Bertz CT molecular complexity index is 997. The molecule has 4 rings (SSSR count). The van der Waals surface area contributed by atoms with Crippen LogP contribution in [0, 0.1) is 20.8 Å². The van der Waals surface area contributed by atoms with Gasteiger partial charge in [-0.05, 0) is 71.8 Å². The number of nitrogens with one attached hydrogen (secondary N) is 1. The van der Waals surface area contributed by atoms with Crippen molar-refractivity contribution >= 4 is 40.1 Å². The fourth-order valence-corrected chi connectivity index (χ4v) is 3.59. The molecule has 142 valence electrons. The third-order valence-electron chi connectivity index (χ3n) is 4.71. The van der Waals surface area contributed by atoms with Gasteiger partial charge in [-0.15, -0.1) is 0 Å². The average molecular weight is 488 g/mol. The van der Waals surface area contributed by atoms with E-state index < -0.39 is 0 Å². The number of benzene rings is 1. The summed E-state index contributed by atoms with van der Waals surface area (Å²) >= 11 is 2.23. The Morgan fingerprint density at radius 3 is 2.64 bits per heavy atom. The van der Waals surface area contributed by atoms with Crippen LogP contribution < -0.4 is 10.2 Å². The minimum atomic E-state index is -0.0754. The number of amides is 1. The van der Waals surface area contributed by atoms with E-state index in [1.807, 2.05) is 29.2 Å². The number of carbonyl (C=O) groups excluding carboxylic acids is 1. The van der Waals surface area contributed by atoms with E-state index >= 15 is 0 Å². The number of nitrogens with zero attached hydrogens (tertiary/aromatic N) is 3. The van der Waals surface area contributed by atoms with E-state index in [1.165, 1.54) is 6.26 Å². The minimum absolute atomic E-state index is 0.0233. The van der Waals surface area contributed by atoms with Crippen LogP contribution >= 0.6 is 22.6 Å². The maximum absolute atomic E-state index is 12.5. The quantitative estimate of drug-likeness (QED) is 0.552. The van der Waals surface area contributed by atoms with E-state index in [-0.39, 0.29) is 23.4 Å². The zero-order chi connectivity index (χ0) is 19.5. The van der Waals surface area contributed by atoms with E-state index in [9.17, 15) is 10.1 Å². The number of halogens is 1. The molecule has 0 spiro atoms. The average Bonchev–Trinajstić information content (AvgIpc) is 3.39. The molecule has 0 bridgehead atoms. The van der Waals surface area contributed by atoms with E-state index in [0.29, 0.717) is 37.6 Å². The summed E-state index contributed by atoms with van der Waals surface area (Å²) in [6.45, 7) is 1.23. The molecule has 1 N–H and O–H groups in total. The first-order valence-electron chi connectivity index (χ1n) is 8.90. The first-order chi connectivity index (χ1) is 13.6. The molecule has 0 unspecified atom stereocenters. The van der Waals surface area contributed by atoms with Crippen LogP contribution in [0.4, 0.5) is 11.6 Å². The van der Waals surface area contributed by atoms with Crippen molar-refractivity contribution < 1.29 is 13.6 Å². The number of aromatic nitrogens is 1. The van der Waals surface area contributed by atoms with E-state index in [4.69, 9.17) is 8.83 Å². The lowest BCUT2D eigenvalue weighted by Gasteiger charge is -2.30. The van der Waals surface area contributed by atoms with Crippen molar-refractivity contribution in [1.29, 1.82) is 5.26 Å². The molecule has 8 heteroatoms. The Labute approximate surface area is 175 Å². The second-order valence-corrected chi connectivity index (χ2v) is 7.76. The van der Waals surface area contributed by atoms with Gasteiger partial charge in [0.2, 0.25) is 17.5 Å². The van der Waals surface area contributed by atoms with Gasteiger partial charge < -0.3 is 19.1 Å². The normalized spacial score (nSPS) is 14.6. The topological polar surface area (TPSA) is 95.3 Å². The highest BCUT2D eigenvalue weighted by Crippen LogP contribution is 2.31. The van der Waals surface area contributed by atoms with Crippen LogP contribution in [0.5, 0.6) is 0 Å². The standard InChI is InChI=1S/C20H17IN4O3/c21-14-3-5-15(6-4-14)23-18(26)13-7-9-25(10-8-13)20-16(12-22)24-19(28-20)17-2-1-11-27-17/h1-6,11,13H,7-10H2,(H,23,26). The van der Waals surface area contributed by atoms with Crippen molar-refractivity contribution in [2.24, 2.45) is 5.92 Å². The molecule has 3 aromatic rings. The second-order valence-electron chi connectivity index (χ2n) is 6.52. The van der Waals surface area contributed by atoms with Crippen LogP contribution in [-0.2, 0) is 4.79 Å². The SMILES string of the molecule is N#Cc1nc(-c2ccco2)oc1N1CCC(C(=O)Nc2ccc(I)cc2)CC1. The summed E-state index contributed by atoms with van der Waals surface area (Å²) in [6.07, 6.45) is 2.89. The molecule has 1 aliphatic rings. The number of anilines is 2. The Kier molecular flexibility index (Phi) is 5.34. The molecule has 7 nitrogen and oxygen atoms in total. The third kappa shape index (κ3) is 3.89. The number of hydrogen-bond donors (Lipinski definition) is 1. The molecular weight excluding hydrogens is 471 g/mol. The Balaban J connectivity index is 1.41. The fourth-order valence-electron chi connectivity index (χ4n) is 3.23. The molecule has 1 aromatic carbocycles. The lowest BCUT2D eigenvalue weighted by molar-refractivity contribution is -0.120. The van der Waals surface area contributed by atoms with Gasteiger partial charge in [0.25, 0.3) is 5.89 Å². The van der Waals surface area contributed by atoms with Crippen molar-refractivity contribution in [2.75, 3.05) is 23.3 Å². The number of hydrogen-bond acceptors (Lipinski definition) is 6. The third-order valence-corrected chi connectivity index (χ3v) is 5.43. The van der Waals surface area contributed by atoms with E-state index in [1.54, 1.807) is 12.1 Å². The van der Waals surface area contributed by atoms with Gasteiger partial charge in [0.15, 0.2) is 5.76 Å². The summed E-state index contributed by atoms with van der Waals surface area (Å²) in [5.74, 6) is 1.15. The molecule has 0 atom stereocenters. The van der Waals surface area contributed by atoms with E-state index in [2.05, 4.69) is 39.0 Å². The highest BCUT2D eigenvalue weighted by molar-refractivity contribution is 14.1. The minimum Gasteiger partial charge on any atom is -0.459 e. The largest absolute Gasteiger partial charge is 0.459 e. The number of carbonyl (C=O) groups is 1. The summed E-state index contributed by atoms with van der Waals surface area (Å²) < 4.78 is 12.2. The Morgan fingerprint density at radius 2 is 2.00 bits per heavy atom. The van der Waals surface area contributed by atoms with Crippen LogP contribution in [0.1, 0.15) is 18.5 Å². The van der Waals surface area contributed by atoms with Crippen molar-refractivity contribution in [3.63, 3.8) is 0 Å². The van der Waals surface area contributed by atoms with Crippen molar-refractivity contribution in [3.05, 3.63) is 51.9 Å². The lowest BCUT2D eigenvalue weighted by Crippen LogP contribution is -2.38. The molecule has 1 fully saturated rings. The maximum Gasteiger partial charge on any atom is 0.266 e. The predicted octanol–water partition coefficient (Wildman–Crippen LogP) is 4.27. The van der Waals surface area contributed by atoms with E-state index in [0.717, 1.165) is 9.26 Å². The molecule has 3 heterocycles. The van der Waals surface area contributed by atoms with Gasteiger partial charge in [-0.2, -0.15) is 10.2 Å². The number of rotatable bonds is 4. The molecule has 1 saturated heterocycles. The lowest BCUT2D eigenvalue weighted by atomic mass is 9.96. The van der Waals surface area contributed by atoms with Gasteiger partial charge in [0, 0.05) is 28.3 Å². The Hall–Kier alpha value is -2.80. The predicted molar refractivity (Wildman–Crippen MR) is 112 cm³/mol. The molecule has 0 aliphatic carbocycles. The summed E-state index contributed by atoms with van der Waals surface area (Å²) in [5, 5.41) is 12.4. The summed E-state index contributed by atoms with van der Waals surface area (Å²) in [4.78, 5) is 18.7. The number of nitriles is 1. The summed E-state index contributed by atoms with van der Waals surface area (Å²) in [5.41, 5.74) is 1.03. The highest BCUT2D eigenvalue weighted by Gasteiger charge is 2.29. The van der Waals surface area contributed by atoms with Crippen LogP contribution in [0.3, 0.4) is 0 Å². The van der Waals surface area contributed by atoms with Gasteiger partial charge in [-0.3, -0.25) is 4.79 Å². The number of furan rings is 1. The zero-order valence-corrected chi connectivity index (χ0v) is 17.0. The monoisotopic (exact) mass is 488 g/mol. The van der Waals surface area contributed by atoms with Crippen LogP contribution in [0.2, 0.25) is 0 Å². The highest BCUT2D eigenvalue weighted by atomic mass is 127. The number of piperidine rings is 1.